The fourth-order valence-electron chi connectivity index (χ4n) is 2.70. The molecule has 5 nitrogen and oxygen atoms in total. The molecule has 0 unspecified atom stereocenters. The highest BCUT2D eigenvalue weighted by molar-refractivity contribution is 7.89. The zero-order chi connectivity index (χ0) is 19.3. The minimum absolute atomic E-state index is 0.0563. The third kappa shape index (κ3) is 4.63. The van der Waals surface area contributed by atoms with Crippen LogP contribution in [-0.2, 0) is 16.4 Å². The number of carbonyl (C=O) groups excluding carboxylic acids is 1. The van der Waals surface area contributed by atoms with E-state index in [1.807, 2.05) is 12.1 Å². The van der Waals surface area contributed by atoms with E-state index in [4.69, 9.17) is 0 Å². The molecule has 0 atom stereocenters. The summed E-state index contributed by atoms with van der Waals surface area (Å²) < 4.78 is 28.0. The predicted octanol–water partition coefficient (Wildman–Crippen LogP) is 3.34. The Kier molecular flexibility index (Phi) is 6.05. The van der Waals surface area contributed by atoms with Crippen molar-refractivity contribution in [3.8, 4) is 0 Å². The lowest BCUT2D eigenvalue weighted by atomic mass is 10.1. The summed E-state index contributed by atoms with van der Waals surface area (Å²) >= 11 is 1.69. The molecule has 0 aliphatic carbocycles. The Morgan fingerprint density at radius 3 is 2.78 bits per heavy atom. The normalized spacial score (nSPS) is 11.4. The second kappa shape index (κ2) is 8.47. The van der Waals surface area contributed by atoms with E-state index in [2.05, 4.69) is 34.1 Å². The van der Waals surface area contributed by atoms with Crippen LogP contribution in [0.3, 0.4) is 0 Å². The summed E-state index contributed by atoms with van der Waals surface area (Å²) in [6, 6.07) is 14.2. The van der Waals surface area contributed by atoms with Gasteiger partial charge < -0.3 is 5.32 Å². The molecular weight excluding hydrogens is 380 g/mol. The van der Waals surface area contributed by atoms with Gasteiger partial charge in [-0.05, 0) is 47.0 Å². The Balaban J connectivity index is 1.64. The lowest BCUT2D eigenvalue weighted by molar-refractivity contribution is 0.0954. The number of thiophene rings is 1. The maximum Gasteiger partial charge on any atom is 0.251 e. The summed E-state index contributed by atoms with van der Waals surface area (Å²) in [6.07, 6.45) is 2.18. The van der Waals surface area contributed by atoms with Crippen LogP contribution in [0.2, 0.25) is 0 Å². The van der Waals surface area contributed by atoms with E-state index >= 15 is 0 Å². The topological polar surface area (TPSA) is 75.3 Å². The van der Waals surface area contributed by atoms with Crippen LogP contribution in [0, 0.1) is 0 Å². The number of carbonyl (C=O) groups is 1. The number of rotatable bonds is 8. The number of sulfonamides is 1. The van der Waals surface area contributed by atoms with Crippen molar-refractivity contribution in [3.63, 3.8) is 0 Å². The first-order chi connectivity index (χ1) is 13.0. The molecule has 2 N–H and O–H groups in total. The minimum atomic E-state index is -3.66. The number of nitrogens with one attached hydrogen (secondary N) is 2. The summed E-state index contributed by atoms with van der Waals surface area (Å²) in [5, 5.41) is 6.17. The number of benzene rings is 2. The van der Waals surface area contributed by atoms with Gasteiger partial charge in [0.2, 0.25) is 10.0 Å². The maximum atomic E-state index is 12.4. The Bertz CT molecular complexity index is 1070. The van der Waals surface area contributed by atoms with Crippen molar-refractivity contribution in [2.45, 2.75) is 11.3 Å². The molecule has 0 saturated heterocycles. The third-order valence-electron chi connectivity index (χ3n) is 4.07. The van der Waals surface area contributed by atoms with Crippen LogP contribution >= 0.6 is 11.3 Å². The lowest BCUT2D eigenvalue weighted by Gasteiger charge is -2.08. The molecular formula is C20H20N2O3S2. The minimum Gasteiger partial charge on any atom is -0.352 e. The van der Waals surface area contributed by atoms with Crippen LogP contribution in [0.15, 0.2) is 71.5 Å². The first kappa shape index (κ1) is 19.3. The monoisotopic (exact) mass is 400 g/mol. The highest BCUT2D eigenvalue weighted by Gasteiger charge is 2.15. The number of fused-ring (bicyclic) bond motifs is 1. The summed E-state index contributed by atoms with van der Waals surface area (Å²) in [6.45, 7) is 4.10. The van der Waals surface area contributed by atoms with Crippen LogP contribution < -0.4 is 10.0 Å². The smallest absolute Gasteiger partial charge is 0.251 e. The van der Waals surface area contributed by atoms with Crippen LogP contribution in [0.25, 0.3) is 10.1 Å². The van der Waals surface area contributed by atoms with E-state index in [0.29, 0.717) is 18.5 Å². The van der Waals surface area contributed by atoms with Gasteiger partial charge in [-0.2, -0.15) is 0 Å². The number of hydrogen-bond donors (Lipinski definition) is 2. The molecule has 1 heterocycles. The van der Waals surface area contributed by atoms with Crippen LogP contribution in [0.1, 0.15) is 15.9 Å². The maximum absolute atomic E-state index is 12.4. The summed E-state index contributed by atoms with van der Waals surface area (Å²) in [5.74, 6) is -0.296. The summed E-state index contributed by atoms with van der Waals surface area (Å²) in [5.41, 5.74) is 1.51. The molecule has 3 rings (SSSR count). The van der Waals surface area contributed by atoms with Crippen molar-refractivity contribution in [2.24, 2.45) is 0 Å². The first-order valence-electron chi connectivity index (χ1n) is 8.45. The van der Waals surface area contributed by atoms with Crippen molar-refractivity contribution >= 4 is 37.4 Å². The Morgan fingerprint density at radius 1 is 1.15 bits per heavy atom. The molecule has 0 saturated carbocycles. The average Bonchev–Trinajstić information content (AvgIpc) is 3.10. The standard InChI is InChI=1S/C20H20N2O3S2/c1-2-11-22-27(24,25)17-7-5-6-15(13-17)20(23)21-12-10-16-14-26-19-9-4-3-8-18(16)19/h2-9,13-14,22H,1,10-12H2,(H,21,23). The molecule has 1 amide bonds. The summed E-state index contributed by atoms with van der Waals surface area (Å²) in [4.78, 5) is 12.4. The van der Waals surface area contributed by atoms with Crippen molar-refractivity contribution in [1.29, 1.82) is 0 Å². The molecule has 0 aliphatic rings. The zero-order valence-corrected chi connectivity index (χ0v) is 16.3. The Labute approximate surface area is 162 Å². The average molecular weight is 401 g/mol. The van der Waals surface area contributed by atoms with Gasteiger partial charge in [0.05, 0.1) is 4.90 Å². The van der Waals surface area contributed by atoms with E-state index in [0.717, 1.165) is 0 Å². The Hall–Kier alpha value is -2.48. The van der Waals surface area contributed by atoms with Crippen LogP contribution in [-0.4, -0.2) is 27.4 Å². The van der Waals surface area contributed by atoms with Gasteiger partial charge in [0.1, 0.15) is 0 Å². The molecule has 0 bridgehead atoms. The van der Waals surface area contributed by atoms with Crippen LogP contribution in [0.4, 0.5) is 0 Å². The second-order valence-corrected chi connectivity index (χ2v) is 8.61. The van der Waals surface area contributed by atoms with Gasteiger partial charge >= 0.3 is 0 Å². The van der Waals surface area contributed by atoms with Gasteiger partial charge in [0.15, 0.2) is 0 Å². The lowest BCUT2D eigenvalue weighted by Crippen LogP contribution is -2.27. The van der Waals surface area contributed by atoms with Gasteiger partial charge in [0.25, 0.3) is 5.91 Å². The van der Waals surface area contributed by atoms with E-state index in [1.165, 1.54) is 33.9 Å². The van der Waals surface area contributed by atoms with E-state index < -0.39 is 10.0 Å². The van der Waals surface area contributed by atoms with Gasteiger partial charge in [0, 0.05) is 23.4 Å². The molecule has 2 aromatic carbocycles. The van der Waals surface area contributed by atoms with E-state index in [9.17, 15) is 13.2 Å². The zero-order valence-electron chi connectivity index (χ0n) is 14.6. The van der Waals surface area contributed by atoms with Gasteiger partial charge in [-0.1, -0.05) is 30.3 Å². The Morgan fingerprint density at radius 2 is 1.96 bits per heavy atom. The van der Waals surface area contributed by atoms with Gasteiger partial charge in [-0.3, -0.25) is 4.79 Å². The highest BCUT2D eigenvalue weighted by Crippen LogP contribution is 2.25. The molecule has 0 spiro atoms. The highest BCUT2D eigenvalue weighted by atomic mass is 32.2. The fourth-order valence-corrected chi connectivity index (χ4v) is 4.74. The molecule has 7 heteroatoms. The van der Waals surface area contributed by atoms with Gasteiger partial charge in [-0.25, -0.2) is 13.1 Å². The largest absolute Gasteiger partial charge is 0.352 e. The van der Waals surface area contributed by atoms with Crippen molar-refractivity contribution in [3.05, 3.63) is 77.7 Å². The third-order valence-corrected chi connectivity index (χ3v) is 6.50. The van der Waals surface area contributed by atoms with Crippen molar-refractivity contribution in [2.75, 3.05) is 13.1 Å². The molecule has 27 heavy (non-hydrogen) atoms. The molecule has 1 aromatic heterocycles. The van der Waals surface area contributed by atoms with Crippen molar-refractivity contribution < 1.29 is 13.2 Å². The van der Waals surface area contributed by atoms with Crippen molar-refractivity contribution in [1.82, 2.24) is 10.0 Å². The molecule has 0 radical (unpaired) electrons. The second-order valence-electron chi connectivity index (χ2n) is 5.93. The first-order valence-corrected chi connectivity index (χ1v) is 10.8. The fraction of sp³-hybridized carbons (Fsp3) is 0.150. The summed E-state index contributed by atoms with van der Waals surface area (Å²) in [7, 11) is -3.66. The molecule has 140 valence electrons. The van der Waals surface area contributed by atoms with Crippen LogP contribution in [0.5, 0.6) is 0 Å². The van der Waals surface area contributed by atoms with E-state index in [1.54, 1.807) is 23.5 Å². The molecule has 3 aromatic rings. The molecule has 0 fully saturated rings. The SMILES string of the molecule is C=CCNS(=O)(=O)c1cccc(C(=O)NCCc2csc3ccccc23)c1. The number of hydrogen-bond acceptors (Lipinski definition) is 4. The quantitative estimate of drug-likeness (QED) is 0.570. The molecule has 0 aliphatic heterocycles. The number of amides is 1. The van der Waals surface area contributed by atoms with E-state index in [-0.39, 0.29) is 17.3 Å². The van der Waals surface area contributed by atoms with Gasteiger partial charge in [-0.15, -0.1) is 17.9 Å². The predicted molar refractivity (Wildman–Crippen MR) is 110 cm³/mol.